The first-order valence-electron chi connectivity index (χ1n) is 5.86. The average Bonchev–Trinajstić information content (AvgIpc) is 2.69. The topological polar surface area (TPSA) is 69.4 Å². The Bertz CT molecular complexity index is 631. The highest BCUT2D eigenvalue weighted by molar-refractivity contribution is 7.91. The minimum Gasteiger partial charge on any atom is -0.488 e. The van der Waals surface area contributed by atoms with Crippen LogP contribution in [0.5, 0.6) is 5.75 Å². The molecule has 0 bridgehead atoms. The fourth-order valence-corrected chi connectivity index (χ4v) is 3.47. The summed E-state index contributed by atoms with van der Waals surface area (Å²) in [6.07, 6.45) is 0.0533. The second-order valence-corrected chi connectivity index (χ2v) is 6.52. The normalized spacial score (nSPS) is 20.6. The summed E-state index contributed by atoms with van der Waals surface area (Å²) in [7, 11) is -3.01. The third-order valence-electron chi connectivity index (χ3n) is 2.75. The monoisotopic (exact) mass is 283 g/mol. The van der Waals surface area contributed by atoms with Gasteiger partial charge in [-0.05, 0) is 24.6 Å². The zero-order valence-corrected chi connectivity index (χ0v) is 11.0. The van der Waals surface area contributed by atoms with Gasteiger partial charge in [0.25, 0.3) is 0 Å². The fourth-order valence-electron chi connectivity index (χ4n) is 1.88. The number of ether oxygens (including phenoxy) is 1. The largest absolute Gasteiger partial charge is 0.488 e. The van der Waals surface area contributed by atoms with Gasteiger partial charge in [0.1, 0.15) is 17.7 Å². The van der Waals surface area contributed by atoms with Crippen molar-refractivity contribution < 1.29 is 17.5 Å². The van der Waals surface area contributed by atoms with Crippen molar-refractivity contribution in [3.05, 3.63) is 29.6 Å². The Morgan fingerprint density at radius 2 is 2.26 bits per heavy atom. The number of rotatable bonds is 2. The van der Waals surface area contributed by atoms with Gasteiger partial charge in [-0.1, -0.05) is 11.8 Å². The predicted molar refractivity (Wildman–Crippen MR) is 70.0 cm³/mol. The maximum atomic E-state index is 13.2. The summed E-state index contributed by atoms with van der Waals surface area (Å²) in [5.74, 6) is 5.44. The zero-order valence-electron chi connectivity index (χ0n) is 10.2. The lowest BCUT2D eigenvalue weighted by atomic mass is 10.2. The highest BCUT2D eigenvalue weighted by atomic mass is 32.2. The van der Waals surface area contributed by atoms with Gasteiger partial charge < -0.3 is 10.5 Å². The molecule has 0 amide bonds. The van der Waals surface area contributed by atoms with Crippen LogP contribution in [0.15, 0.2) is 18.2 Å². The van der Waals surface area contributed by atoms with Crippen molar-refractivity contribution in [3.8, 4) is 17.6 Å². The first kappa shape index (κ1) is 13.8. The third kappa shape index (κ3) is 3.69. The molecule has 0 spiro atoms. The van der Waals surface area contributed by atoms with E-state index in [0.29, 0.717) is 17.7 Å². The smallest absolute Gasteiger partial charge is 0.154 e. The van der Waals surface area contributed by atoms with Gasteiger partial charge in [-0.25, -0.2) is 12.8 Å². The number of hydrogen-bond acceptors (Lipinski definition) is 4. The van der Waals surface area contributed by atoms with E-state index in [-0.39, 0.29) is 18.1 Å². The van der Waals surface area contributed by atoms with Crippen LogP contribution in [0.3, 0.4) is 0 Å². The quantitative estimate of drug-likeness (QED) is 0.811. The molecule has 4 nitrogen and oxygen atoms in total. The first-order valence-corrected chi connectivity index (χ1v) is 7.68. The Morgan fingerprint density at radius 3 is 2.89 bits per heavy atom. The van der Waals surface area contributed by atoms with Crippen molar-refractivity contribution in [1.29, 1.82) is 0 Å². The molecule has 1 aromatic carbocycles. The van der Waals surface area contributed by atoms with E-state index >= 15 is 0 Å². The van der Waals surface area contributed by atoms with E-state index < -0.39 is 21.8 Å². The van der Waals surface area contributed by atoms with E-state index in [4.69, 9.17) is 10.5 Å². The van der Waals surface area contributed by atoms with Gasteiger partial charge in [-0.15, -0.1) is 0 Å². The molecule has 0 aromatic heterocycles. The lowest BCUT2D eigenvalue weighted by Gasteiger charge is -2.13. The van der Waals surface area contributed by atoms with Crippen molar-refractivity contribution in [2.24, 2.45) is 5.73 Å². The molecule has 2 rings (SSSR count). The molecule has 1 aliphatic rings. The molecule has 2 N–H and O–H groups in total. The molecule has 1 atom stereocenters. The van der Waals surface area contributed by atoms with Crippen LogP contribution in [0.2, 0.25) is 0 Å². The van der Waals surface area contributed by atoms with Crippen molar-refractivity contribution >= 4 is 9.84 Å². The van der Waals surface area contributed by atoms with Crippen LogP contribution >= 0.6 is 0 Å². The fraction of sp³-hybridized carbons (Fsp3) is 0.385. The highest BCUT2D eigenvalue weighted by Crippen LogP contribution is 2.24. The predicted octanol–water partition coefficient (Wildman–Crippen LogP) is 0.702. The third-order valence-corrected chi connectivity index (χ3v) is 4.49. The van der Waals surface area contributed by atoms with Crippen LogP contribution in [0, 0.1) is 17.7 Å². The van der Waals surface area contributed by atoms with Gasteiger partial charge in [0.05, 0.1) is 23.6 Å². The van der Waals surface area contributed by atoms with Gasteiger partial charge in [-0.3, -0.25) is 0 Å². The second-order valence-electron chi connectivity index (χ2n) is 4.29. The molecule has 1 aromatic rings. The van der Waals surface area contributed by atoms with E-state index in [1.165, 1.54) is 18.2 Å². The first-order chi connectivity index (χ1) is 9.00. The van der Waals surface area contributed by atoms with E-state index in [9.17, 15) is 12.8 Å². The Kier molecular flexibility index (Phi) is 4.08. The summed E-state index contributed by atoms with van der Waals surface area (Å²) in [6, 6.07) is 3.97. The maximum Gasteiger partial charge on any atom is 0.154 e. The lowest BCUT2D eigenvalue weighted by molar-refractivity contribution is 0.228. The molecule has 102 valence electrons. The van der Waals surface area contributed by atoms with E-state index in [1.807, 2.05) is 0 Å². The zero-order chi connectivity index (χ0) is 13.9. The Labute approximate surface area is 111 Å². The molecular formula is C13H14FNO3S. The molecule has 1 unspecified atom stereocenters. The maximum absolute atomic E-state index is 13.2. The highest BCUT2D eigenvalue weighted by Gasteiger charge is 2.29. The van der Waals surface area contributed by atoms with Gasteiger partial charge >= 0.3 is 0 Å². The molecule has 1 saturated heterocycles. The summed E-state index contributed by atoms with van der Waals surface area (Å²) in [4.78, 5) is 0. The van der Waals surface area contributed by atoms with Gasteiger partial charge in [0.2, 0.25) is 0 Å². The molecule has 0 saturated carbocycles. The number of benzene rings is 1. The Balaban J connectivity index is 2.20. The number of sulfone groups is 1. The van der Waals surface area contributed by atoms with Crippen LogP contribution in [0.1, 0.15) is 12.0 Å². The van der Waals surface area contributed by atoms with Gasteiger partial charge in [0.15, 0.2) is 9.84 Å². The van der Waals surface area contributed by atoms with Gasteiger partial charge in [0, 0.05) is 0 Å². The van der Waals surface area contributed by atoms with Crippen LogP contribution < -0.4 is 10.5 Å². The number of nitrogens with two attached hydrogens (primary N) is 1. The van der Waals surface area contributed by atoms with Crippen LogP contribution in [-0.2, 0) is 9.84 Å². The summed E-state index contributed by atoms with van der Waals surface area (Å²) >= 11 is 0. The molecule has 19 heavy (non-hydrogen) atoms. The molecule has 0 radical (unpaired) electrons. The standard InChI is InChI=1S/C13H14FNO3S/c14-11-3-4-13(10(8-11)2-1-6-15)18-12-5-7-19(16,17)9-12/h3-4,8,12H,5-7,9,15H2. The van der Waals surface area contributed by atoms with Crippen molar-refractivity contribution in [2.75, 3.05) is 18.1 Å². The lowest BCUT2D eigenvalue weighted by Crippen LogP contribution is -2.18. The van der Waals surface area contributed by atoms with Crippen LogP contribution in [0.4, 0.5) is 4.39 Å². The summed E-state index contributed by atoms with van der Waals surface area (Å²) in [5.41, 5.74) is 5.66. The van der Waals surface area contributed by atoms with Crippen LogP contribution in [0.25, 0.3) is 0 Å². The minimum absolute atomic E-state index is 0.00582. The number of hydrogen-bond donors (Lipinski definition) is 1. The molecule has 1 fully saturated rings. The average molecular weight is 283 g/mol. The molecule has 1 heterocycles. The summed E-state index contributed by atoms with van der Waals surface area (Å²) < 4.78 is 41.5. The van der Waals surface area contributed by atoms with E-state index in [2.05, 4.69) is 11.8 Å². The summed E-state index contributed by atoms with van der Waals surface area (Å²) in [6.45, 7) is 0.160. The van der Waals surface area contributed by atoms with Crippen LogP contribution in [-0.4, -0.2) is 32.6 Å². The Morgan fingerprint density at radius 1 is 1.47 bits per heavy atom. The second kappa shape index (κ2) is 5.59. The SMILES string of the molecule is NCC#Cc1cc(F)ccc1OC1CCS(=O)(=O)C1. The van der Waals surface area contributed by atoms with Crippen molar-refractivity contribution in [3.63, 3.8) is 0 Å². The van der Waals surface area contributed by atoms with E-state index in [1.54, 1.807) is 0 Å². The molecule has 1 aliphatic heterocycles. The molecule has 6 heteroatoms. The van der Waals surface area contributed by atoms with Crippen molar-refractivity contribution in [2.45, 2.75) is 12.5 Å². The summed E-state index contributed by atoms with van der Waals surface area (Å²) in [5, 5.41) is 0. The minimum atomic E-state index is -3.01. The molecular weight excluding hydrogens is 269 g/mol. The molecule has 0 aliphatic carbocycles. The number of halogens is 1. The van der Waals surface area contributed by atoms with Crippen molar-refractivity contribution in [1.82, 2.24) is 0 Å². The Hall–Kier alpha value is -1.58. The van der Waals surface area contributed by atoms with Gasteiger partial charge in [-0.2, -0.15) is 0 Å². The van der Waals surface area contributed by atoms with E-state index in [0.717, 1.165) is 0 Å².